The molecule has 0 saturated heterocycles. The van der Waals surface area contributed by atoms with Crippen LogP contribution in [0.1, 0.15) is 11.3 Å². The minimum atomic E-state index is -0.788. The maximum Gasteiger partial charge on any atom is 0.313 e. The molecule has 2 aromatic rings. The van der Waals surface area contributed by atoms with E-state index in [0.29, 0.717) is 5.75 Å². The number of hydrogen-bond donors (Lipinski definition) is 1. The molecule has 0 amide bonds. The predicted molar refractivity (Wildman–Crippen MR) is 71.1 cm³/mol. The van der Waals surface area contributed by atoms with E-state index in [1.165, 1.54) is 11.8 Å². The van der Waals surface area contributed by atoms with Crippen molar-refractivity contribution in [1.82, 2.24) is 14.3 Å². The van der Waals surface area contributed by atoms with Gasteiger partial charge in [0.25, 0.3) is 0 Å². The molecular weight excluding hydrogens is 250 g/mol. The second-order valence-electron chi connectivity index (χ2n) is 3.99. The number of carboxylic acid groups (broad SMARTS) is 1. The van der Waals surface area contributed by atoms with E-state index in [9.17, 15) is 4.79 Å². The lowest BCUT2D eigenvalue weighted by Crippen LogP contribution is -2.03. The Bertz CT molecular complexity index is 546. The van der Waals surface area contributed by atoms with Crippen LogP contribution in [0.5, 0.6) is 0 Å². The fourth-order valence-electron chi connectivity index (χ4n) is 1.90. The molecule has 6 heteroatoms. The number of rotatable bonds is 5. The SMILES string of the molecule is Cc1nn(C)c(-n2cccc2)c1CSCC(=O)O. The fourth-order valence-corrected chi connectivity index (χ4v) is 2.72. The first-order chi connectivity index (χ1) is 8.59. The molecule has 0 unspecified atom stereocenters. The number of carboxylic acids is 1. The highest BCUT2D eigenvalue weighted by molar-refractivity contribution is 7.99. The number of carbonyl (C=O) groups is 1. The molecule has 96 valence electrons. The van der Waals surface area contributed by atoms with Crippen LogP contribution in [-0.4, -0.2) is 31.2 Å². The normalized spacial score (nSPS) is 10.8. The summed E-state index contributed by atoms with van der Waals surface area (Å²) in [4.78, 5) is 10.5. The van der Waals surface area contributed by atoms with Crippen molar-refractivity contribution in [3.05, 3.63) is 35.8 Å². The van der Waals surface area contributed by atoms with E-state index in [2.05, 4.69) is 5.10 Å². The van der Waals surface area contributed by atoms with E-state index in [1.807, 2.05) is 47.7 Å². The number of aryl methyl sites for hydroxylation is 2. The molecule has 0 aliphatic heterocycles. The highest BCUT2D eigenvalue weighted by atomic mass is 32.2. The van der Waals surface area contributed by atoms with Crippen LogP contribution in [0.2, 0.25) is 0 Å². The Kier molecular flexibility index (Phi) is 3.76. The molecule has 1 N–H and O–H groups in total. The van der Waals surface area contributed by atoms with Crippen LogP contribution in [0.25, 0.3) is 5.82 Å². The van der Waals surface area contributed by atoms with Crippen LogP contribution in [0.3, 0.4) is 0 Å². The van der Waals surface area contributed by atoms with Crippen molar-refractivity contribution < 1.29 is 9.90 Å². The number of thioether (sulfide) groups is 1. The lowest BCUT2D eigenvalue weighted by Gasteiger charge is -2.07. The summed E-state index contributed by atoms with van der Waals surface area (Å²) < 4.78 is 3.82. The average molecular weight is 265 g/mol. The summed E-state index contributed by atoms with van der Waals surface area (Å²) in [5.41, 5.74) is 2.03. The van der Waals surface area contributed by atoms with Crippen molar-refractivity contribution in [2.45, 2.75) is 12.7 Å². The molecule has 2 rings (SSSR count). The highest BCUT2D eigenvalue weighted by Crippen LogP contribution is 2.23. The maximum atomic E-state index is 10.5. The molecule has 2 heterocycles. The van der Waals surface area contributed by atoms with Crippen LogP contribution >= 0.6 is 11.8 Å². The monoisotopic (exact) mass is 265 g/mol. The Morgan fingerprint density at radius 1 is 1.44 bits per heavy atom. The third-order valence-electron chi connectivity index (χ3n) is 2.63. The van der Waals surface area contributed by atoms with Gasteiger partial charge >= 0.3 is 5.97 Å². The van der Waals surface area contributed by atoms with E-state index >= 15 is 0 Å². The molecular formula is C12H15N3O2S. The van der Waals surface area contributed by atoms with E-state index in [4.69, 9.17) is 5.11 Å². The van der Waals surface area contributed by atoms with Gasteiger partial charge in [-0.1, -0.05) is 0 Å². The predicted octanol–water partition coefficient (Wildman–Crippen LogP) is 1.84. The van der Waals surface area contributed by atoms with Gasteiger partial charge in [0.15, 0.2) is 0 Å². The third kappa shape index (κ3) is 2.59. The van der Waals surface area contributed by atoms with Gasteiger partial charge in [0.1, 0.15) is 5.82 Å². The summed E-state index contributed by atoms with van der Waals surface area (Å²) in [5.74, 6) is 0.971. The van der Waals surface area contributed by atoms with Gasteiger partial charge in [0.05, 0.1) is 11.4 Å². The quantitative estimate of drug-likeness (QED) is 0.896. The van der Waals surface area contributed by atoms with Gasteiger partial charge < -0.3 is 9.67 Å². The summed E-state index contributed by atoms with van der Waals surface area (Å²) in [5, 5.41) is 13.1. The number of aliphatic carboxylic acids is 1. The lowest BCUT2D eigenvalue weighted by molar-refractivity contribution is -0.133. The third-order valence-corrected chi connectivity index (χ3v) is 3.58. The first kappa shape index (κ1) is 12.8. The van der Waals surface area contributed by atoms with Gasteiger partial charge in [-0.05, 0) is 19.1 Å². The molecule has 0 spiro atoms. The summed E-state index contributed by atoms with van der Waals surface area (Å²) >= 11 is 1.39. The molecule has 0 atom stereocenters. The van der Waals surface area contributed by atoms with Crippen LogP contribution in [0, 0.1) is 6.92 Å². The zero-order valence-corrected chi connectivity index (χ0v) is 11.1. The molecule has 2 aromatic heterocycles. The Balaban J connectivity index is 2.26. The first-order valence-corrected chi connectivity index (χ1v) is 6.70. The molecule has 0 fully saturated rings. The molecule has 0 bridgehead atoms. The van der Waals surface area contributed by atoms with Crippen molar-refractivity contribution >= 4 is 17.7 Å². The molecule has 0 radical (unpaired) electrons. The van der Waals surface area contributed by atoms with E-state index < -0.39 is 5.97 Å². The second-order valence-corrected chi connectivity index (χ2v) is 4.97. The van der Waals surface area contributed by atoms with Gasteiger partial charge in [0, 0.05) is 30.8 Å². The molecule has 0 saturated carbocycles. The summed E-state index contributed by atoms with van der Waals surface area (Å²) in [6, 6.07) is 3.91. The lowest BCUT2D eigenvalue weighted by atomic mass is 10.3. The van der Waals surface area contributed by atoms with Gasteiger partial charge in [-0.15, -0.1) is 11.8 Å². The van der Waals surface area contributed by atoms with Crippen molar-refractivity contribution in [3.8, 4) is 5.82 Å². The maximum absolute atomic E-state index is 10.5. The Hall–Kier alpha value is -1.69. The smallest absolute Gasteiger partial charge is 0.313 e. The molecule has 0 aliphatic carbocycles. The minimum Gasteiger partial charge on any atom is -0.481 e. The molecule has 5 nitrogen and oxygen atoms in total. The van der Waals surface area contributed by atoms with Crippen molar-refractivity contribution in [2.24, 2.45) is 7.05 Å². The highest BCUT2D eigenvalue weighted by Gasteiger charge is 2.14. The van der Waals surface area contributed by atoms with Gasteiger partial charge in [-0.2, -0.15) is 5.10 Å². The summed E-state index contributed by atoms with van der Waals surface area (Å²) in [6.07, 6.45) is 3.92. The standard InChI is InChI=1S/C12H15N3O2S/c1-9-10(7-18-8-11(16)17)12(14(2)13-9)15-5-3-4-6-15/h3-6H,7-8H2,1-2H3,(H,16,17). The average Bonchev–Trinajstić information content (AvgIpc) is 2.87. The number of aromatic nitrogens is 3. The van der Waals surface area contributed by atoms with E-state index in [0.717, 1.165) is 17.1 Å². The van der Waals surface area contributed by atoms with Crippen molar-refractivity contribution in [2.75, 3.05) is 5.75 Å². The van der Waals surface area contributed by atoms with Crippen LogP contribution < -0.4 is 0 Å². The van der Waals surface area contributed by atoms with E-state index in [1.54, 1.807) is 0 Å². The first-order valence-electron chi connectivity index (χ1n) is 5.55. The van der Waals surface area contributed by atoms with Crippen LogP contribution in [0.15, 0.2) is 24.5 Å². The zero-order chi connectivity index (χ0) is 13.1. The van der Waals surface area contributed by atoms with Gasteiger partial charge in [0.2, 0.25) is 0 Å². The van der Waals surface area contributed by atoms with Crippen molar-refractivity contribution in [3.63, 3.8) is 0 Å². The fraction of sp³-hybridized carbons (Fsp3) is 0.333. The van der Waals surface area contributed by atoms with Gasteiger partial charge in [-0.25, -0.2) is 0 Å². The Labute approximate surface area is 109 Å². The van der Waals surface area contributed by atoms with Gasteiger partial charge in [-0.3, -0.25) is 9.48 Å². The number of hydrogen-bond acceptors (Lipinski definition) is 3. The molecule has 18 heavy (non-hydrogen) atoms. The Morgan fingerprint density at radius 2 is 2.11 bits per heavy atom. The zero-order valence-electron chi connectivity index (χ0n) is 10.3. The largest absolute Gasteiger partial charge is 0.481 e. The minimum absolute atomic E-state index is 0.111. The van der Waals surface area contributed by atoms with Crippen LogP contribution in [0.4, 0.5) is 0 Å². The Morgan fingerprint density at radius 3 is 2.72 bits per heavy atom. The van der Waals surface area contributed by atoms with E-state index in [-0.39, 0.29) is 5.75 Å². The summed E-state index contributed by atoms with van der Waals surface area (Å²) in [7, 11) is 1.90. The molecule has 0 aromatic carbocycles. The summed E-state index contributed by atoms with van der Waals surface area (Å²) in [6.45, 7) is 1.95. The topological polar surface area (TPSA) is 60.0 Å². The van der Waals surface area contributed by atoms with Crippen molar-refractivity contribution in [1.29, 1.82) is 0 Å². The van der Waals surface area contributed by atoms with Crippen LogP contribution in [-0.2, 0) is 17.6 Å². The molecule has 0 aliphatic rings. The number of nitrogens with zero attached hydrogens (tertiary/aromatic N) is 3. The second kappa shape index (κ2) is 5.30.